The number of azide groups is 1. The van der Waals surface area contributed by atoms with Gasteiger partial charge in [-0.3, -0.25) is 0 Å². The molecule has 0 spiro atoms. The summed E-state index contributed by atoms with van der Waals surface area (Å²) in [5.74, 6) is 0. The first-order chi connectivity index (χ1) is 8.14. The molecule has 2 rings (SSSR count). The van der Waals surface area contributed by atoms with Crippen LogP contribution in [0, 0.1) is 0 Å². The zero-order valence-corrected chi connectivity index (χ0v) is 9.97. The van der Waals surface area contributed by atoms with Gasteiger partial charge >= 0.3 is 0 Å². The number of hydrogen-bond acceptors (Lipinski definition) is 3. The van der Waals surface area contributed by atoms with Crippen LogP contribution >= 0.6 is 0 Å². The van der Waals surface area contributed by atoms with Crippen molar-refractivity contribution in [2.24, 2.45) is 5.11 Å². The lowest BCUT2D eigenvalue weighted by Crippen LogP contribution is -2.27. The molecule has 0 radical (unpaired) electrons. The predicted octanol–water partition coefficient (Wildman–Crippen LogP) is 2.41. The normalized spacial score (nSPS) is 16.7. The van der Waals surface area contributed by atoms with Gasteiger partial charge in [0.05, 0.1) is 4.90 Å². The van der Waals surface area contributed by atoms with Gasteiger partial charge in [0.1, 0.15) is 0 Å². The number of hydrogen-bond donors (Lipinski definition) is 0. The Kier molecular flexibility index (Phi) is 3.33. The molecule has 1 heterocycles. The van der Waals surface area contributed by atoms with Crippen LogP contribution in [0.2, 0.25) is 0 Å². The van der Waals surface area contributed by atoms with E-state index < -0.39 is 10.0 Å². The van der Waals surface area contributed by atoms with Gasteiger partial charge in [0.15, 0.2) is 0 Å². The molecule has 1 aromatic carbocycles. The van der Waals surface area contributed by atoms with Gasteiger partial charge in [-0.25, -0.2) is 8.42 Å². The van der Waals surface area contributed by atoms with Gasteiger partial charge in [-0.05, 0) is 30.5 Å². The lowest BCUT2D eigenvalue weighted by Gasteiger charge is -2.15. The predicted molar refractivity (Wildman–Crippen MR) is 63.2 cm³/mol. The molecule has 1 aromatic rings. The van der Waals surface area contributed by atoms with E-state index in [1.54, 1.807) is 0 Å². The van der Waals surface area contributed by atoms with E-state index in [0.717, 1.165) is 12.8 Å². The average Bonchev–Trinajstić information content (AvgIpc) is 2.84. The highest BCUT2D eigenvalue weighted by molar-refractivity contribution is 7.89. The van der Waals surface area contributed by atoms with Gasteiger partial charge < -0.3 is 0 Å². The minimum absolute atomic E-state index is 0.247. The van der Waals surface area contributed by atoms with Crippen LogP contribution in [0.5, 0.6) is 0 Å². The molecule has 17 heavy (non-hydrogen) atoms. The lowest BCUT2D eigenvalue weighted by molar-refractivity contribution is 0.477. The standard InChI is InChI=1S/C10H12N4O2S/c11-13-12-9-3-5-10(6-4-9)17(15,16)14-7-1-2-8-14/h3-6H,1-2,7-8H2. The summed E-state index contributed by atoms with van der Waals surface area (Å²) in [6.45, 7) is 1.17. The third kappa shape index (κ3) is 2.41. The molecule has 0 unspecified atom stereocenters. The molecule has 1 aliphatic heterocycles. The molecular weight excluding hydrogens is 240 g/mol. The van der Waals surface area contributed by atoms with Gasteiger partial charge in [0.25, 0.3) is 0 Å². The van der Waals surface area contributed by atoms with Crippen molar-refractivity contribution in [3.8, 4) is 0 Å². The first-order valence-corrected chi connectivity index (χ1v) is 6.74. The Bertz CT molecular complexity index is 540. The van der Waals surface area contributed by atoms with Crippen LogP contribution < -0.4 is 0 Å². The quantitative estimate of drug-likeness (QED) is 0.470. The van der Waals surface area contributed by atoms with Crippen LogP contribution in [0.1, 0.15) is 12.8 Å². The van der Waals surface area contributed by atoms with Crippen LogP contribution in [0.4, 0.5) is 5.69 Å². The Morgan fingerprint density at radius 1 is 1.18 bits per heavy atom. The van der Waals surface area contributed by atoms with Gasteiger partial charge in [-0.15, -0.1) is 0 Å². The second-order valence-corrected chi connectivity index (χ2v) is 5.73. The number of nitrogens with zero attached hydrogens (tertiary/aromatic N) is 4. The highest BCUT2D eigenvalue weighted by atomic mass is 32.2. The maximum absolute atomic E-state index is 12.1. The van der Waals surface area contributed by atoms with Crippen LogP contribution in [-0.4, -0.2) is 25.8 Å². The largest absolute Gasteiger partial charge is 0.243 e. The van der Waals surface area contributed by atoms with Crippen molar-refractivity contribution >= 4 is 15.7 Å². The summed E-state index contributed by atoms with van der Waals surface area (Å²) in [6.07, 6.45) is 1.83. The van der Waals surface area contributed by atoms with Crippen molar-refractivity contribution in [2.45, 2.75) is 17.7 Å². The van der Waals surface area contributed by atoms with E-state index in [1.165, 1.54) is 28.6 Å². The van der Waals surface area contributed by atoms with Crippen molar-refractivity contribution in [3.63, 3.8) is 0 Å². The molecule has 0 bridgehead atoms. The molecule has 6 nitrogen and oxygen atoms in total. The summed E-state index contributed by atoms with van der Waals surface area (Å²) < 4.78 is 25.7. The fourth-order valence-electron chi connectivity index (χ4n) is 1.81. The van der Waals surface area contributed by atoms with E-state index in [9.17, 15) is 8.42 Å². The Morgan fingerprint density at radius 2 is 1.76 bits per heavy atom. The topological polar surface area (TPSA) is 86.1 Å². The van der Waals surface area contributed by atoms with E-state index >= 15 is 0 Å². The highest BCUT2D eigenvalue weighted by Gasteiger charge is 2.26. The van der Waals surface area contributed by atoms with Crippen LogP contribution in [-0.2, 0) is 10.0 Å². The van der Waals surface area contributed by atoms with E-state index in [4.69, 9.17) is 5.53 Å². The van der Waals surface area contributed by atoms with Gasteiger partial charge in [0.2, 0.25) is 10.0 Å². The summed E-state index contributed by atoms with van der Waals surface area (Å²) >= 11 is 0. The maximum atomic E-state index is 12.1. The third-order valence-corrected chi connectivity index (χ3v) is 4.61. The SMILES string of the molecule is [N-]=[N+]=Nc1ccc(S(=O)(=O)N2CCCC2)cc1. The molecule has 0 aliphatic carbocycles. The molecule has 1 aliphatic rings. The average molecular weight is 252 g/mol. The first kappa shape index (κ1) is 11.9. The van der Waals surface area contributed by atoms with Crippen molar-refractivity contribution in [1.29, 1.82) is 0 Å². The van der Waals surface area contributed by atoms with Crippen LogP contribution in [0.3, 0.4) is 0 Å². The monoisotopic (exact) mass is 252 g/mol. The summed E-state index contributed by atoms with van der Waals surface area (Å²) in [6, 6.07) is 5.95. The molecular formula is C10H12N4O2S. The van der Waals surface area contributed by atoms with E-state index in [1.807, 2.05) is 0 Å². The summed E-state index contributed by atoms with van der Waals surface area (Å²) in [5, 5.41) is 3.40. The Labute approximate surface area is 99.5 Å². The molecule has 0 atom stereocenters. The van der Waals surface area contributed by atoms with E-state index in [2.05, 4.69) is 10.0 Å². The molecule has 0 amide bonds. The van der Waals surface area contributed by atoms with E-state index in [-0.39, 0.29) is 4.90 Å². The third-order valence-electron chi connectivity index (χ3n) is 2.70. The van der Waals surface area contributed by atoms with Crippen molar-refractivity contribution < 1.29 is 8.42 Å². The van der Waals surface area contributed by atoms with Gasteiger partial charge in [0, 0.05) is 23.7 Å². The van der Waals surface area contributed by atoms with Crippen molar-refractivity contribution in [1.82, 2.24) is 4.31 Å². The Hall–Kier alpha value is -1.56. The second-order valence-electron chi connectivity index (χ2n) is 3.79. The minimum Gasteiger partial charge on any atom is -0.207 e. The van der Waals surface area contributed by atoms with Crippen LogP contribution in [0.25, 0.3) is 10.4 Å². The maximum Gasteiger partial charge on any atom is 0.243 e. The molecule has 1 saturated heterocycles. The molecule has 0 saturated carbocycles. The number of sulfonamides is 1. The number of rotatable bonds is 3. The summed E-state index contributed by atoms with van der Waals surface area (Å²) in [7, 11) is -3.37. The fourth-order valence-corrected chi connectivity index (χ4v) is 3.33. The molecule has 90 valence electrons. The molecule has 1 fully saturated rings. The fraction of sp³-hybridized carbons (Fsp3) is 0.400. The second kappa shape index (κ2) is 4.75. The lowest BCUT2D eigenvalue weighted by atomic mass is 10.3. The smallest absolute Gasteiger partial charge is 0.207 e. The zero-order chi connectivity index (χ0) is 12.3. The van der Waals surface area contributed by atoms with Gasteiger partial charge in [-0.1, -0.05) is 17.2 Å². The zero-order valence-electron chi connectivity index (χ0n) is 9.15. The molecule has 7 heteroatoms. The summed E-state index contributed by atoms with van der Waals surface area (Å²) in [4.78, 5) is 2.89. The van der Waals surface area contributed by atoms with Crippen molar-refractivity contribution in [3.05, 3.63) is 34.7 Å². The number of benzene rings is 1. The Balaban J connectivity index is 2.30. The molecule has 0 N–H and O–H groups in total. The molecule has 0 aromatic heterocycles. The minimum atomic E-state index is -3.37. The van der Waals surface area contributed by atoms with Gasteiger partial charge in [-0.2, -0.15) is 4.31 Å². The van der Waals surface area contributed by atoms with E-state index in [0.29, 0.717) is 18.8 Å². The summed E-state index contributed by atoms with van der Waals surface area (Å²) in [5.41, 5.74) is 8.66. The first-order valence-electron chi connectivity index (χ1n) is 5.30. The van der Waals surface area contributed by atoms with Crippen molar-refractivity contribution in [2.75, 3.05) is 13.1 Å². The van der Waals surface area contributed by atoms with Crippen LogP contribution in [0.15, 0.2) is 34.3 Å². The Morgan fingerprint density at radius 3 is 2.29 bits per heavy atom. The highest BCUT2D eigenvalue weighted by Crippen LogP contribution is 2.22.